The lowest BCUT2D eigenvalue weighted by molar-refractivity contribution is 0.176. The summed E-state index contributed by atoms with van der Waals surface area (Å²) in [7, 11) is 3.17. The summed E-state index contributed by atoms with van der Waals surface area (Å²) in [6, 6.07) is 19.2. The Kier molecular flexibility index (Phi) is 7.33. The Labute approximate surface area is 231 Å². The summed E-state index contributed by atoms with van der Waals surface area (Å²) in [4.78, 5) is 19.1. The number of fused-ring (bicyclic) bond motifs is 1. The van der Waals surface area contributed by atoms with Crippen molar-refractivity contribution in [1.82, 2.24) is 30.1 Å². The Bertz CT molecular complexity index is 1620. The van der Waals surface area contributed by atoms with E-state index in [0.717, 1.165) is 42.4 Å². The largest absolute Gasteiger partial charge is 0.493 e. The zero-order valence-electron chi connectivity index (χ0n) is 22.6. The molecule has 0 amide bonds. The number of benzene rings is 2. The highest BCUT2D eigenvalue weighted by molar-refractivity contribution is 5.83. The van der Waals surface area contributed by atoms with Gasteiger partial charge in [-0.1, -0.05) is 43.2 Å². The van der Waals surface area contributed by atoms with Gasteiger partial charge in [-0.2, -0.15) is 0 Å². The lowest BCUT2D eigenvalue weighted by Gasteiger charge is -2.31. The summed E-state index contributed by atoms with van der Waals surface area (Å²) in [6.07, 6.45) is 5.94. The van der Waals surface area contributed by atoms with E-state index in [2.05, 4.69) is 37.5 Å². The minimum Gasteiger partial charge on any atom is -0.493 e. The van der Waals surface area contributed by atoms with E-state index in [-0.39, 0.29) is 11.6 Å². The van der Waals surface area contributed by atoms with Crippen molar-refractivity contribution in [3.63, 3.8) is 0 Å². The molecule has 0 spiro atoms. The number of hydrogen-bond donors (Lipinski definition) is 1. The van der Waals surface area contributed by atoms with Crippen LogP contribution in [-0.4, -0.2) is 44.3 Å². The second kappa shape index (κ2) is 11.4. The third-order valence-electron chi connectivity index (χ3n) is 7.64. The van der Waals surface area contributed by atoms with Crippen LogP contribution < -0.4 is 15.0 Å². The van der Waals surface area contributed by atoms with Crippen LogP contribution in [0.4, 0.5) is 0 Å². The zero-order valence-corrected chi connectivity index (χ0v) is 22.6. The number of furan rings is 1. The predicted molar refractivity (Wildman–Crippen MR) is 149 cm³/mol. The van der Waals surface area contributed by atoms with Crippen LogP contribution in [0.25, 0.3) is 10.9 Å². The molecule has 1 aliphatic rings. The molecule has 3 aromatic heterocycles. The summed E-state index contributed by atoms with van der Waals surface area (Å²) < 4.78 is 18.7. The van der Waals surface area contributed by atoms with Gasteiger partial charge in [0.1, 0.15) is 11.8 Å². The molecule has 1 fully saturated rings. The molecule has 3 heterocycles. The predicted octanol–water partition coefficient (Wildman–Crippen LogP) is 5.03. The van der Waals surface area contributed by atoms with Gasteiger partial charge in [0.05, 0.1) is 38.6 Å². The van der Waals surface area contributed by atoms with E-state index in [1.165, 1.54) is 0 Å². The quantitative estimate of drug-likeness (QED) is 0.263. The van der Waals surface area contributed by atoms with E-state index in [1.54, 1.807) is 26.5 Å². The van der Waals surface area contributed by atoms with Gasteiger partial charge in [-0.05, 0) is 53.1 Å². The maximum Gasteiger partial charge on any atom is 0.253 e. The van der Waals surface area contributed by atoms with E-state index in [1.807, 2.05) is 47.1 Å². The van der Waals surface area contributed by atoms with Crippen LogP contribution >= 0.6 is 0 Å². The Hall–Kier alpha value is -4.44. The summed E-state index contributed by atoms with van der Waals surface area (Å²) in [5, 5.41) is 13.9. The second-order valence-electron chi connectivity index (χ2n) is 10.1. The first-order valence-corrected chi connectivity index (χ1v) is 13.5. The fourth-order valence-corrected chi connectivity index (χ4v) is 5.70. The monoisotopic (exact) mass is 540 g/mol. The maximum atomic E-state index is 13.9. The molecule has 1 atom stereocenters. The average Bonchev–Trinajstić information content (AvgIpc) is 3.77. The number of nitrogens with zero attached hydrogens (tertiary/aromatic N) is 5. The van der Waals surface area contributed by atoms with Gasteiger partial charge in [0.2, 0.25) is 0 Å². The van der Waals surface area contributed by atoms with E-state index in [0.29, 0.717) is 41.5 Å². The van der Waals surface area contributed by atoms with Crippen molar-refractivity contribution in [2.75, 3.05) is 14.2 Å². The normalized spacial score (nSPS) is 14.7. The van der Waals surface area contributed by atoms with Gasteiger partial charge in [0.25, 0.3) is 5.56 Å². The molecular weight excluding hydrogens is 508 g/mol. The number of aromatic amines is 1. The third kappa shape index (κ3) is 5.10. The first kappa shape index (κ1) is 25.8. The van der Waals surface area contributed by atoms with Crippen molar-refractivity contribution in [3.8, 4) is 11.5 Å². The highest BCUT2D eigenvalue weighted by Gasteiger charge is 2.34. The number of methoxy groups -OCH3 is 2. The number of pyridine rings is 1. The number of nitrogens with one attached hydrogen (secondary N) is 1. The van der Waals surface area contributed by atoms with Gasteiger partial charge in [0, 0.05) is 23.6 Å². The van der Waals surface area contributed by atoms with E-state index < -0.39 is 6.04 Å². The smallest absolute Gasteiger partial charge is 0.253 e. The number of ether oxygens (including phenoxy) is 2. The molecule has 2 aromatic carbocycles. The first-order valence-electron chi connectivity index (χ1n) is 13.5. The molecule has 206 valence electrons. The number of rotatable bonds is 10. The summed E-state index contributed by atoms with van der Waals surface area (Å²) >= 11 is 0. The summed E-state index contributed by atoms with van der Waals surface area (Å²) in [6.45, 7) is 1.00. The molecule has 10 heteroatoms. The summed E-state index contributed by atoms with van der Waals surface area (Å²) in [5.74, 6) is 2.55. The van der Waals surface area contributed by atoms with Crippen LogP contribution in [0.3, 0.4) is 0 Å². The standard InChI is InChI=1S/C30H32N6O4/c1-38-26-16-21-15-24(30(37)31-25(21)17-27(26)39-2)28(29-32-33-34-36(29)22-11-6-7-12-22)35(19-23-13-8-14-40-23)18-20-9-4-3-5-10-20/h3-5,8-10,13-17,22,28H,6-7,11-12,18-19H2,1-2H3,(H,31,37). The fourth-order valence-electron chi connectivity index (χ4n) is 5.70. The second-order valence-corrected chi connectivity index (χ2v) is 10.1. The Morgan fingerprint density at radius 1 is 1.02 bits per heavy atom. The molecule has 0 saturated heterocycles. The molecule has 6 rings (SSSR count). The van der Waals surface area contributed by atoms with Gasteiger partial charge in [-0.25, -0.2) is 4.68 Å². The average molecular weight is 541 g/mol. The van der Waals surface area contributed by atoms with Gasteiger partial charge >= 0.3 is 0 Å². The first-order chi connectivity index (χ1) is 19.6. The van der Waals surface area contributed by atoms with Gasteiger partial charge in [-0.3, -0.25) is 9.69 Å². The molecule has 40 heavy (non-hydrogen) atoms. The van der Waals surface area contributed by atoms with Crippen LogP contribution in [-0.2, 0) is 13.1 Å². The van der Waals surface area contributed by atoms with Crippen molar-refractivity contribution < 1.29 is 13.9 Å². The van der Waals surface area contributed by atoms with E-state index >= 15 is 0 Å². The van der Waals surface area contributed by atoms with Crippen LogP contribution in [0, 0.1) is 0 Å². The third-order valence-corrected chi connectivity index (χ3v) is 7.64. The molecular formula is C30H32N6O4. The zero-order chi connectivity index (χ0) is 27.5. The van der Waals surface area contributed by atoms with Crippen LogP contribution in [0.15, 0.2) is 76.1 Å². The van der Waals surface area contributed by atoms with Crippen molar-refractivity contribution in [2.24, 2.45) is 0 Å². The van der Waals surface area contributed by atoms with Crippen LogP contribution in [0.5, 0.6) is 11.5 Å². The van der Waals surface area contributed by atoms with Gasteiger partial charge in [-0.15, -0.1) is 5.10 Å². The molecule has 5 aromatic rings. The summed E-state index contributed by atoms with van der Waals surface area (Å²) in [5.41, 5.74) is 2.07. The Balaban J connectivity index is 1.54. The minimum atomic E-state index is -0.554. The maximum absolute atomic E-state index is 13.9. The molecule has 10 nitrogen and oxygen atoms in total. The SMILES string of the molecule is COc1cc2cc(C(c3nnnn3C3CCCC3)N(Cc3ccccc3)Cc3ccco3)c(=O)[nH]c2cc1OC. The van der Waals surface area contributed by atoms with Crippen molar-refractivity contribution in [3.05, 3.63) is 100.0 Å². The number of aromatic nitrogens is 5. The molecule has 0 bridgehead atoms. The highest BCUT2D eigenvalue weighted by atomic mass is 16.5. The highest BCUT2D eigenvalue weighted by Crippen LogP contribution is 2.36. The molecule has 1 aliphatic carbocycles. The van der Waals surface area contributed by atoms with Gasteiger partial charge in [0.15, 0.2) is 17.3 Å². The molecule has 0 radical (unpaired) electrons. The molecule has 1 unspecified atom stereocenters. The van der Waals surface area contributed by atoms with Crippen molar-refractivity contribution in [2.45, 2.75) is 50.9 Å². The Morgan fingerprint density at radius 2 is 1.80 bits per heavy atom. The van der Waals surface area contributed by atoms with E-state index in [4.69, 9.17) is 13.9 Å². The molecule has 1 N–H and O–H groups in total. The van der Waals surface area contributed by atoms with Gasteiger partial charge < -0.3 is 18.9 Å². The lowest BCUT2D eigenvalue weighted by Crippen LogP contribution is -2.35. The van der Waals surface area contributed by atoms with Crippen LogP contribution in [0.2, 0.25) is 0 Å². The number of hydrogen-bond acceptors (Lipinski definition) is 8. The Morgan fingerprint density at radius 3 is 2.52 bits per heavy atom. The number of H-pyrrole nitrogens is 1. The number of tetrazole rings is 1. The lowest BCUT2D eigenvalue weighted by atomic mass is 10.0. The molecule has 0 aliphatic heterocycles. The van der Waals surface area contributed by atoms with E-state index in [9.17, 15) is 4.79 Å². The van der Waals surface area contributed by atoms with Crippen molar-refractivity contribution >= 4 is 10.9 Å². The minimum absolute atomic E-state index is 0.193. The fraction of sp³-hybridized carbons (Fsp3) is 0.333. The van der Waals surface area contributed by atoms with Crippen LogP contribution in [0.1, 0.15) is 60.5 Å². The molecule has 1 saturated carbocycles. The topological polar surface area (TPSA) is 111 Å². The van der Waals surface area contributed by atoms with Crippen molar-refractivity contribution in [1.29, 1.82) is 0 Å².